The van der Waals surface area contributed by atoms with Crippen molar-refractivity contribution in [1.82, 2.24) is 5.32 Å². The lowest BCUT2D eigenvalue weighted by Gasteiger charge is -2.26. The summed E-state index contributed by atoms with van der Waals surface area (Å²) < 4.78 is 6.53. The molecule has 0 bridgehead atoms. The standard InChI is InChI=1S/C21H12BrClN2O4/c22-13-3-7-15(8-4-13)25-20(27)17(19(26)24-21(25)28)11-16-9-10-18(29-16)12-1-5-14(23)6-2-12/h1-11H,(H,24,26,28). The van der Waals surface area contributed by atoms with Crippen molar-refractivity contribution in [3.8, 4) is 11.3 Å². The minimum absolute atomic E-state index is 0.204. The first kappa shape index (κ1) is 19.2. The third kappa shape index (κ3) is 3.87. The largest absolute Gasteiger partial charge is 0.457 e. The van der Waals surface area contributed by atoms with E-state index in [1.54, 1.807) is 60.7 Å². The van der Waals surface area contributed by atoms with E-state index in [0.29, 0.717) is 22.2 Å². The van der Waals surface area contributed by atoms with Crippen LogP contribution in [0.1, 0.15) is 5.76 Å². The molecule has 1 saturated heterocycles. The fourth-order valence-corrected chi connectivity index (χ4v) is 3.21. The van der Waals surface area contributed by atoms with Crippen LogP contribution >= 0.6 is 27.5 Å². The Balaban J connectivity index is 1.66. The van der Waals surface area contributed by atoms with Gasteiger partial charge in [0.25, 0.3) is 11.8 Å². The Morgan fingerprint density at radius 1 is 0.931 bits per heavy atom. The topological polar surface area (TPSA) is 79.6 Å². The van der Waals surface area contributed by atoms with Crippen molar-refractivity contribution in [2.75, 3.05) is 4.90 Å². The summed E-state index contributed by atoms with van der Waals surface area (Å²) in [6.45, 7) is 0. The third-order valence-electron chi connectivity index (χ3n) is 4.23. The number of nitrogens with one attached hydrogen (secondary N) is 1. The van der Waals surface area contributed by atoms with Crippen LogP contribution in [0.2, 0.25) is 5.02 Å². The molecule has 0 spiro atoms. The molecule has 2 heterocycles. The van der Waals surface area contributed by atoms with E-state index in [1.165, 1.54) is 6.08 Å². The summed E-state index contributed by atoms with van der Waals surface area (Å²) in [5.41, 5.74) is 0.935. The van der Waals surface area contributed by atoms with Crippen molar-refractivity contribution in [2.45, 2.75) is 0 Å². The van der Waals surface area contributed by atoms with Gasteiger partial charge in [-0.15, -0.1) is 0 Å². The van der Waals surface area contributed by atoms with Crippen LogP contribution in [0.3, 0.4) is 0 Å². The molecule has 6 nitrogen and oxygen atoms in total. The normalized spacial score (nSPS) is 15.7. The minimum Gasteiger partial charge on any atom is -0.457 e. The summed E-state index contributed by atoms with van der Waals surface area (Å²) in [5.74, 6) is -0.653. The molecule has 4 amide bonds. The molecule has 1 fully saturated rings. The summed E-state index contributed by atoms with van der Waals surface area (Å²) in [4.78, 5) is 38.2. The highest BCUT2D eigenvalue weighted by atomic mass is 79.9. The Morgan fingerprint density at radius 2 is 1.62 bits per heavy atom. The molecule has 0 atom stereocenters. The summed E-state index contributed by atoms with van der Waals surface area (Å²) >= 11 is 9.19. The van der Waals surface area contributed by atoms with Crippen molar-refractivity contribution in [1.29, 1.82) is 0 Å². The fraction of sp³-hybridized carbons (Fsp3) is 0. The second kappa shape index (κ2) is 7.69. The average molecular weight is 472 g/mol. The number of anilines is 1. The highest BCUT2D eigenvalue weighted by Gasteiger charge is 2.37. The van der Waals surface area contributed by atoms with Crippen molar-refractivity contribution in [3.63, 3.8) is 0 Å². The summed E-state index contributed by atoms with van der Waals surface area (Å²) in [6.07, 6.45) is 1.31. The molecule has 4 rings (SSSR count). The maximum atomic E-state index is 12.9. The number of halogens is 2. The molecule has 8 heteroatoms. The molecule has 3 aromatic rings. The number of benzene rings is 2. The number of nitrogens with zero attached hydrogens (tertiary/aromatic N) is 1. The molecule has 1 aliphatic heterocycles. The molecule has 1 N–H and O–H groups in total. The number of barbiturate groups is 1. The van der Waals surface area contributed by atoms with Crippen molar-refractivity contribution < 1.29 is 18.8 Å². The van der Waals surface area contributed by atoms with Gasteiger partial charge >= 0.3 is 6.03 Å². The lowest BCUT2D eigenvalue weighted by atomic mass is 10.1. The summed E-state index contributed by atoms with van der Waals surface area (Å²) in [7, 11) is 0. The third-order valence-corrected chi connectivity index (χ3v) is 5.01. The average Bonchev–Trinajstić information content (AvgIpc) is 3.16. The van der Waals surface area contributed by atoms with Gasteiger partial charge in [0.2, 0.25) is 0 Å². The SMILES string of the molecule is O=C1NC(=O)N(c2ccc(Br)cc2)C(=O)C1=Cc1ccc(-c2ccc(Cl)cc2)o1. The molecule has 144 valence electrons. The molecule has 0 aliphatic carbocycles. The van der Waals surface area contributed by atoms with E-state index in [-0.39, 0.29) is 5.57 Å². The van der Waals surface area contributed by atoms with Crippen LogP contribution in [0.15, 0.2) is 75.1 Å². The number of hydrogen-bond donors (Lipinski definition) is 1. The maximum absolute atomic E-state index is 12.9. The number of carbonyl (C=O) groups excluding carboxylic acids is 3. The Labute approximate surface area is 178 Å². The molecular weight excluding hydrogens is 460 g/mol. The van der Waals surface area contributed by atoms with Gasteiger partial charge in [-0.05, 0) is 66.7 Å². The van der Waals surface area contributed by atoms with Crippen LogP contribution in [0.5, 0.6) is 0 Å². The van der Waals surface area contributed by atoms with Gasteiger partial charge in [-0.2, -0.15) is 0 Å². The molecule has 0 saturated carbocycles. The van der Waals surface area contributed by atoms with E-state index in [2.05, 4.69) is 21.2 Å². The molecule has 0 radical (unpaired) electrons. The fourth-order valence-electron chi connectivity index (χ4n) is 2.82. The van der Waals surface area contributed by atoms with Crippen LogP contribution in [0, 0.1) is 0 Å². The van der Waals surface area contributed by atoms with Crippen LogP contribution in [-0.2, 0) is 9.59 Å². The number of furan rings is 1. The predicted octanol–water partition coefficient (Wildman–Crippen LogP) is 5.03. The summed E-state index contributed by atoms with van der Waals surface area (Å²) in [5, 5.41) is 2.78. The molecule has 1 aliphatic rings. The Bertz CT molecular complexity index is 1150. The van der Waals surface area contributed by atoms with E-state index >= 15 is 0 Å². The summed E-state index contributed by atoms with van der Waals surface area (Å²) in [6, 6.07) is 16.2. The van der Waals surface area contributed by atoms with E-state index < -0.39 is 17.8 Å². The maximum Gasteiger partial charge on any atom is 0.335 e. The van der Waals surface area contributed by atoms with Gasteiger partial charge in [-0.3, -0.25) is 14.9 Å². The Hall–Kier alpha value is -3.16. The first-order valence-electron chi connectivity index (χ1n) is 8.45. The van der Waals surface area contributed by atoms with Crippen LogP contribution in [-0.4, -0.2) is 17.8 Å². The number of imide groups is 2. The van der Waals surface area contributed by atoms with Gasteiger partial charge in [0.05, 0.1) is 5.69 Å². The van der Waals surface area contributed by atoms with Gasteiger partial charge in [0.15, 0.2) is 0 Å². The monoisotopic (exact) mass is 470 g/mol. The van der Waals surface area contributed by atoms with E-state index in [0.717, 1.165) is 14.9 Å². The lowest BCUT2D eigenvalue weighted by molar-refractivity contribution is -0.122. The first-order chi connectivity index (χ1) is 13.9. The van der Waals surface area contributed by atoms with Crippen LogP contribution in [0.25, 0.3) is 17.4 Å². The Morgan fingerprint density at radius 3 is 2.31 bits per heavy atom. The molecule has 29 heavy (non-hydrogen) atoms. The van der Waals surface area contributed by atoms with Gasteiger partial charge in [0, 0.05) is 15.1 Å². The number of amides is 4. The quantitative estimate of drug-likeness (QED) is 0.429. The van der Waals surface area contributed by atoms with Crippen molar-refractivity contribution in [2.24, 2.45) is 0 Å². The van der Waals surface area contributed by atoms with Gasteiger partial charge < -0.3 is 4.42 Å². The van der Waals surface area contributed by atoms with Crippen molar-refractivity contribution >= 4 is 57.1 Å². The second-order valence-corrected chi connectivity index (χ2v) is 7.50. The van der Waals surface area contributed by atoms with Crippen LogP contribution in [0.4, 0.5) is 10.5 Å². The predicted molar refractivity (Wildman–Crippen MR) is 112 cm³/mol. The number of urea groups is 1. The second-order valence-electron chi connectivity index (χ2n) is 6.14. The zero-order chi connectivity index (χ0) is 20.5. The van der Waals surface area contributed by atoms with E-state index in [4.69, 9.17) is 16.0 Å². The van der Waals surface area contributed by atoms with Gasteiger partial charge in [0.1, 0.15) is 17.1 Å². The van der Waals surface area contributed by atoms with Crippen LogP contribution < -0.4 is 10.2 Å². The van der Waals surface area contributed by atoms with Gasteiger partial charge in [-0.25, -0.2) is 9.69 Å². The first-order valence-corrected chi connectivity index (χ1v) is 9.62. The zero-order valence-electron chi connectivity index (χ0n) is 14.7. The molecule has 1 aromatic heterocycles. The number of rotatable bonds is 3. The van der Waals surface area contributed by atoms with E-state index in [9.17, 15) is 14.4 Å². The van der Waals surface area contributed by atoms with E-state index in [1.807, 2.05) is 0 Å². The molecule has 2 aromatic carbocycles. The smallest absolute Gasteiger partial charge is 0.335 e. The molecule has 0 unspecified atom stereocenters. The van der Waals surface area contributed by atoms with Gasteiger partial charge in [-0.1, -0.05) is 27.5 Å². The van der Waals surface area contributed by atoms with Crippen molar-refractivity contribution in [3.05, 3.63) is 81.5 Å². The Kier molecular flexibility index (Phi) is 5.08. The lowest BCUT2D eigenvalue weighted by Crippen LogP contribution is -2.54. The minimum atomic E-state index is -0.805. The number of hydrogen-bond acceptors (Lipinski definition) is 4. The molecular formula is C21H12BrClN2O4. The highest BCUT2D eigenvalue weighted by molar-refractivity contribution is 9.10. The number of carbonyl (C=O) groups is 3. The zero-order valence-corrected chi connectivity index (χ0v) is 17.0. The highest BCUT2D eigenvalue weighted by Crippen LogP contribution is 2.27.